The molecule has 0 aliphatic rings. The van der Waals surface area contributed by atoms with Crippen molar-refractivity contribution in [1.29, 1.82) is 5.41 Å². The topological polar surface area (TPSA) is 33.1 Å². The molecule has 0 aromatic heterocycles. The van der Waals surface area contributed by atoms with Gasteiger partial charge in [0.25, 0.3) is 0 Å². The molecule has 2 heteroatoms. The average Bonchev–Trinajstić information content (AvgIpc) is 2.54. The number of ether oxygens (including phenoxy) is 1. The van der Waals surface area contributed by atoms with Gasteiger partial charge in [0, 0.05) is 17.3 Å². The molecular weight excluding hydrogens is 270 g/mol. The lowest BCUT2D eigenvalue weighted by Gasteiger charge is -2.24. The second-order valence-corrected chi connectivity index (χ2v) is 5.89. The number of hydrogen-bond acceptors (Lipinski definition) is 2. The van der Waals surface area contributed by atoms with Crippen molar-refractivity contribution in [2.75, 3.05) is 0 Å². The largest absolute Gasteiger partial charge is 0.488 e. The Morgan fingerprint density at radius 3 is 2.14 bits per heavy atom. The lowest BCUT2D eigenvalue weighted by molar-refractivity contribution is 0.297. The van der Waals surface area contributed by atoms with E-state index in [1.54, 1.807) is 0 Å². The Balaban J connectivity index is 0.00000116. The summed E-state index contributed by atoms with van der Waals surface area (Å²) < 4.78 is 6.02. The van der Waals surface area contributed by atoms with Crippen molar-refractivity contribution >= 4 is 6.21 Å². The molecule has 0 saturated heterocycles. The monoisotopic (exact) mass is 297 g/mol. The predicted octanol–water partition coefficient (Wildman–Crippen LogP) is 5.59. The molecule has 0 heterocycles. The first-order valence-electron chi connectivity index (χ1n) is 7.83. The molecule has 0 fully saturated rings. The number of benzene rings is 2. The van der Waals surface area contributed by atoms with Crippen LogP contribution < -0.4 is 4.74 Å². The summed E-state index contributed by atoms with van der Waals surface area (Å²) in [4.78, 5) is 0. The van der Waals surface area contributed by atoms with Gasteiger partial charge >= 0.3 is 0 Å². The molecule has 118 valence electrons. The van der Waals surface area contributed by atoms with Gasteiger partial charge in [0.05, 0.1) is 0 Å². The molecule has 0 saturated carbocycles. The third-order valence-corrected chi connectivity index (χ3v) is 3.24. The zero-order chi connectivity index (χ0) is 16.6. The van der Waals surface area contributed by atoms with Gasteiger partial charge in [-0.25, -0.2) is 0 Å². The maximum Gasteiger partial charge on any atom is 0.132 e. The van der Waals surface area contributed by atoms with E-state index in [0.717, 1.165) is 22.4 Å². The molecule has 0 aliphatic heterocycles. The summed E-state index contributed by atoms with van der Waals surface area (Å²) >= 11 is 0. The van der Waals surface area contributed by atoms with Crippen molar-refractivity contribution in [2.24, 2.45) is 0 Å². The maximum absolute atomic E-state index is 7.56. The SMILES string of the molecule is CC.CC(C)(C)c1cccc(C=N)c1OCc1ccccc1. The van der Waals surface area contributed by atoms with Crippen LogP contribution in [0.25, 0.3) is 0 Å². The van der Waals surface area contributed by atoms with E-state index in [4.69, 9.17) is 10.1 Å². The second-order valence-electron chi connectivity index (χ2n) is 5.89. The van der Waals surface area contributed by atoms with E-state index in [1.807, 2.05) is 56.3 Å². The molecule has 1 N–H and O–H groups in total. The summed E-state index contributed by atoms with van der Waals surface area (Å²) in [7, 11) is 0. The lowest BCUT2D eigenvalue weighted by atomic mass is 9.85. The highest BCUT2D eigenvalue weighted by Crippen LogP contribution is 2.33. The predicted molar refractivity (Wildman–Crippen MR) is 95.1 cm³/mol. The van der Waals surface area contributed by atoms with Gasteiger partial charge in [-0.3, -0.25) is 0 Å². The number of hydrogen-bond donors (Lipinski definition) is 1. The fraction of sp³-hybridized carbons (Fsp3) is 0.350. The minimum atomic E-state index is -0.00889. The zero-order valence-corrected chi connectivity index (χ0v) is 14.3. The van der Waals surface area contributed by atoms with Gasteiger partial charge in [0.15, 0.2) is 0 Å². The quantitative estimate of drug-likeness (QED) is 0.733. The molecule has 0 atom stereocenters. The normalized spacial score (nSPS) is 10.4. The van der Waals surface area contributed by atoms with Crippen LogP contribution in [-0.2, 0) is 12.0 Å². The Bertz CT molecular complexity index is 582. The van der Waals surface area contributed by atoms with E-state index in [0.29, 0.717) is 6.61 Å². The van der Waals surface area contributed by atoms with E-state index in [1.165, 1.54) is 6.21 Å². The van der Waals surface area contributed by atoms with Crippen molar-refractivity contribution in [2.45, 2.75) is 46.6 Å². The van der Waals surface area contributed by atoms with Crippen molar-refractivity contribution in [3.05, 3.63) is 65.2 Å². The van der Waals surface area contributed by atoms with E-state index in [-0.39, 0.29) is 5.41 Å². The Kier molecular flexibility index (Phi) is 6.84. The Hall–Kier alpha value is -2.09. The molecule has 0 bridgehead atoms. The van der Waals surface area contributed by atoms with Crippen LogP contribution in [0.2, 0.25) is 0 Å². The van der Waals surface area contributed by atoms with E-state index in [2.05, 4.69) is 26.8 Å². The minimum Gasteiger partial charge on any atom is -0.488 e. The average molecular weight is 297 g/mol. The Morgan fingerprint density at radius 1 is 0.955 bits per heavy atom. The first-order chi connectivity index (χ1) is 10.5. The van der Waals surface area contributed by atoms with Crippen LogP contribution in [0.15, 0.2) is 48.5 Å². The fourth-order valence-electron chi connectivity index (χ4n) is 2.15. The van der Waals surface area contributed by atoms with Crippen molar-refractivity contribution in [3.8, 4) is 5.75 Å². The van der Waals surface area contributed by atoms with Gasteiger partial charge in [-0.1, -0.05) is 77.1 Å². The van der Waals surface area contributed by atoms with E-state index >= 15 is 0 Å². The smallest absolute Gasteiger partial charge is 0.132 e. The molecule has 22 heavy (non-hydrogen) atoms. The van der Waals surface area contributed by atoms with Gasteiger partial charge in [0.2, 0.25) is 0 Å². The summed E-state index contributed by atoms with van der Waals surface area (Å²) in [6.45, 7) is 11.0. The van der Waals surface area contributed by atoms with E-state index < -0.39 is 0 Å². The third kappa shape index (κ3) is 4.73. The molecule has 0 unspecified atom stereocenters. The molecule has 0 radical (unpaired) electrons. The number of rotatable bonds is 4. The van der Waals surface area contributed by atoms with Crippen LogP contribution in [0.5, 0.6) is 5.75 Å². The molecule has 0 spiro atoms. The highest BCUT2D eigenvalue weighted by Gasteiger charge is 2.20. The van der Waals surface area contributed by atoms with Crippen LogP contribution in [0.1, 0.15) is 51.3 Å². The van der Waals surface area contributed by atoms with Crippen LogP contribution in [0.4, 0.5) is 0 Å². The third-order valence-electron chi connectivity index (χ3n) is 3.24. The molecule has 0 aliphatic carbocycles. The summed E-state index contributed by atoms with van der Waals surface area (Å²) in [5.74, 6) is 0.818. The van der Waals surface area contributed by atoms with Gasteiger partial charge < -0.3 is 10.1 Å². The first-order valence-corrected chi connectivity index (χ1v) is 7.83. The Morgan fingerprint density at radius 2 is 1.59 bits per heavy atom. The fourth-order valence-corrected chi connectivity index (χ4v) is 2.15. The zero-order valence-electron chi connectivity index (χ0n) is 14.3. The Labute approximate surface area is 134 Å². The summed E-state index contributed by atoms with van der Waals surface area (Å²) in [6.07, 6.45) is 1.36. The number of para-hydroxylation sites is 1. The second kappa shape index (κ2) is 8.38. The molecule has 0 amide bonds. The lowest BCUT2D eigenvalue weighted by Crippen LogP contribution is -2.14. The van der Waals surface area contributed by atoms with Gasteiger partial charge in [-0.15, -0.1) is 0 Å². The first kappa shape index (κ1) is 18.0. The maximum atomic E-state index is 7.56. The highest BCUT2D eigenvalue weighted by molar-refractivity contribution is 5.82. The van der Waals surface area contributed by atoms with Crippen LogP contribution in [0, 0.1) is 5.41 Å². The van der Waals surface area contributed by atoms with Crippen molar-refractivity contribution in [3.63, 3.8) is 0 Å². The summed E-state index contributed by atoms with van der Waals surface area (Å²) in [6, 6.07) is 16.1. The number of nitrogens with one attached hydrogen (secondary N) is 1. The summed E-state index contributed by atoms with van der Waals surface area (Å²) in [5.41, 5.74) is 3.08. The molecular formula is C20H27NO. The molecule has 2 aromatic carbocycles. The van der Waals surface area contributed by atoms with Gasteiger partial charge in [-0.05, 0) is 17.0 Å². The van der Waals surface area contributed by atoms with Crippen LogP contribution >= 0.6 is 0 Å². The highest BCUT2D eigenvalue weighted by atomic mass is 16.5. The molecule has 2 rings (SSSR count). The molecule has 2 nitrogen and oxygen atoms in total. The van der Waals surface area contributed by atoms with Crippen LogP contribution in [-0.4, -0.2) is 6.21 Å². The standard InChI is InChI=1S/C18H21NO.C2H6/c1-18(2,3)16-11-7-10-15(12-19)17(16)20-13-14-8-5-4-6-9-14;1-2/h4-12,19H,13H2,1-3H3;1-2H3. The van der Waals surface area contributed by atoms with Crippen LogP contribution in [0.3, 0.4) is 0 Å². The molecule has 2 aromatic rings. The van der Waals surface area contributed by atoms with Crippen molar-refractivity contribution in [1.82, 2.24) is 0 Å². The van der Waals surface area contributed by atoms with Gasteiger partial charge in [-0.2, -0.15) is 0 Å². The van der Waals surface area contributed by atoms with Gasteiger partial charge in [0.1, 0.15) is 12.4 Å². The minimum absolute atomic E-state index is 0.00889. The summed E-state index contributed by atoms with van der Waals surface area (Å²) in [5, 5.41) is 7.56. The van der Waals surface area contributed by atoms with Crippen molar-refractivity contribution < 1.29 is 4.74 Å². The van der Waals surface area contributed by atoms with E-state index in [9.17, 15) is 0 Å².